The summed E-state index contributed by atoms with van der Waals surface area (Å²) in [5.41, 5.74) is 17.9. The molecule has 39 heavy (non-hydrogen) atoms. The summed E-state index contributed by atoms with van der Waals surface area (Å²) in [5.74, 6) is -4.60. The molecule has 0 radical (unpaired) electrons. The normalized spacial score (nSPS) is 15.0. The lowest BCUT2D eigenvalue weighted by Crippen LogP contribution is -2.58. The molecule has 1 aromatic carbocycles. The number of carboxylic acids is 1. The predicted molar refractivity (Wildman–Crippen MR) is 142 cm³/mol. The first-order valence-corrected chi connectivity index (χ1v) is 12.6. The Labute approximate surface area is 225 Å². The van der Waals surface area contributed by atoms with Crippen LogP contribution in [0, 0.1) is 0 Å². The minimum Gasteiger partial charge on any atom is -0.480 e. The van der Waals surface area contributed by atoms with Gasteiger partial charge in [0.15, 0.2) is 6.04 Å². The van der Waals surface area contributed by atoms with Crippen LogP contribution < -0.4 is 33.2 Å². The van der Waals surface area contributed by atoms with Crippen LogP contribution in [0.1, 0.15) is 38.2 Å². The molecule has 0 aliphatic heterocycles. The van der Waals surface area contributed by atoms with Gasteiger partial charge in [-0.05, 0) is 44.4 Å². The van der Waals surface area contributed by atoms with E-state index in [2.05, 4.69) is 20.9 Å². The van der Waals surface area contributed by atoms with Crippen molar-refractivity contribution in [2.24, 2.45) is 17.2 Å². The number of carbonyl (C=O) groups is 5. The second-order valence-corrected chi connectivity index (χ2v) is 9.31. The molecule has 0 spiro atoms. The van der Waals surface area contributed by atoms with Crippen LogP contribution in [0.3, 0.4) is 0 Å². The van der Waals surface area contributed by atoms with Gasteiger partial charge in [-0.15, -0.1) is 0 Å². The Morgan fingerprint density at radius 3 is 2.23 bits per heavy atom. The van der Waals surface area contributed by atoms with Gasteiger partial charge in [0, 0.05) is 23.5 Å². The summed E-state index contributed by atoms with van der Waals surface area (Å²) in [6, 6.07) is 2.02. The lowest BCUT2D eigenvalue weighted by atomic mass is 10.0. The van der Waals surface area contributed by atoms with Gasteiger partial charge in [-0.25, -0.2) is 4.79 Å². The number of fused-ring (bicyclic) bond motifs is 1. The van der Waals surface area contributed by atoms with E-state index in [1.165, 1.54) is 6.92 Å². The topological polar surface area (TPSA) is 256 Å². The van der Waals surface area contributed by atoms with Crippen molar-refractivity contribution in [1.29, 1.82) is 0 Å². The highest BCUT2D eigenvalue weighted by Gasteiger charge is 2.32. The average molecular weight is 548 g/mol. The minimum atomic E-state index is -1.60. The average Bonchev–Trinajstić information content (AvgIpc) is 3.28. The monoisotopic (exact) mass is 547 g/mol. The van der Waals surface area contributed by atoms with Gasteiger partial charge in [0.1, 0.15) is 12.1 Å². The lowest BCUT2D eigenvalue weighted by molar-refractivity contribution is -0.145. The number of aliphatic hydroxyl groups excluding tert-OH is 1. The number of H-pyrrole nitrogens is 1. The van der Waals surface area contributed by atoms with Crippen molar-refractivity contribution in [3.05, 3.63) is 36.0 Å². The van der Waals surface area contributed by atoms with Gasteiger partial charge in [-0.3, -0.25) is 19.2 Å². The number of hydrogen-bond acceptors (Lipinski definition) is 8. The number of carboxylic acid groups (broad SMARTS) is 1. The number of unbranched alkanes of at least 4 members (excludes halogenated alkanes) is 1. The molecule has 1 aromatic heterocycles. The number of carbonyl (C=O) groups excluding carboxylic acids is 4. The zero-order valence-corrected chi connectivity index (χ0v) is 21.7. The molecule has 5 unspecified atom stereocenters. The number of amides is 4. The number of aromatic nitrogens is 1. The van der Waals surface area contributed by atoms with Crippen LogP contribution in [0.25, 0.3) is 10.9 Å². The Bertz CT molecular complexity index is 1170. The Morgan fingerprint density at radius 2 is 1.62 bits per heavy atom. The minimum absolute atomic E-state index is 0.00738. The number of aromatic amines is 1. The molecule has 214 valence electrons. The summed E-state index contributed by atoms with van der Waals surface area (Å²) in [4.78, 5) is 64.9. The highest BCUT2D eigenvalue weighted by atomic mass is 16.4. The fourth-order valence-corrected chi connectivity index (χ4v) is 3.99. The SMILES string of the molecule is CC(O)C(NC(=O)C(CCCCN)NC(=O)C(Cc1c[nH]c2ccccc12)NC(=O)C(N)CC(N)=O)C(=O)O. The fraction of sp³-hybridized carbons (Fsp3) is 0.480. The van der Waals surface area contributed by atoms with Crippen LogP contribution >= 0.6 is 0 Å². The predicted octanol–water partition coefficient (Wildman–Crippen LogP) is -2.04. The van der Waals surface area contributed by atoms with E-state index >= 15 is 0 Å². The number of nitrogens with two attached hydrogens (primary N) is 3. The molecule has 0 fully saturated rings. The quantitative estimate of drug-likeness (QED) is 0.105. The van der Waals surface area contributed by atoms with Gasteiger partial charge >= 0.3 is 5.97 Å². The number of para-hydroxylation sites is 1. The molecule has 0 aliphatic rings. The first kappa shape index (κ1) is 31.2. The summed E-state index contributed by atoms with van der Waals surface area (Å²) in [5, 5.41) is 27.2. The van der Waals surface area contributed by atoms with Crippen LogP contribution in [0.4, 0.5) is 0 Å². The number of benzene rings is 1. The third-order valence-corrected chi connectivity index (χ3v) is 6.12. The van der Waals surface area contributed by atoms with E-state index in [0.717, 1.165) is 10.9 Å². The molecule has 0 saturated carbocycles. The molecule has 2 rings (SSSR count). The molecule has 2 aromatic rings. The van der Waals surface area contributed by atoms with Crippen molar-refractivity contribution in [1.82, 2.24) is 20.9 Å². The van der Waals surface area contributed by atoms with Gasteiger partial charge < -0.3 is 48.3 Å². The van der Waals surface area contributed by atoms with Gasteiger partial charge in [0.05, 0.1) is 18.6 Å². The van der Waals surface area contributed by atoms with Crippen molar-refractivity contribution in [3.8, 4) is 0 Å². The summed E-state index contributed by atoms with van der Waals surface area (Å²) in [6.45, 7) is 1.55. The number of rotatable bonds is 16. The van der Waals surface area contributed by atoms with Crippen LogP contribution in [-0.2, 0) is 30.4 Å². The summed E-state index contributed by atoms with van der Waals surface area (Å²) in [6.07, 6.45) is 0.954. The van der Waals surface area contributed by atoms with E-state index in [0.29, 0.717) is 24.9 Å². The van der Waals surface area contributed by atoms with E-state index in [1.807, 2.05) is 24.3 Å². The Hall–Kier alpha value is -4.01. The zero-order chi connectivity index (χ0) is 29.1. The zero-order valence-electron chi connectivity index (χ0n) is 21.7. The van der Waals surface area contributed by atoms with Crippen molar-refractivity contribution >= 4 is 40.5 Å². The molecule has 14 heteroatoms. The smallest absolute Gasteiger partial charge is 0.328 e. The Morgan fingerprint density at radius 1 is 0.974 bits per heavy atom. The molecule has 1 heterocycles. The summed E-state index contributed by atoms with van der Waals surface area (Å²) < 4.78 is 0. The highest BCUT2D eigenvalue weighted by molar-refractivity contribution is 5.95. The summed E-state index contributed by atoms with van der Waals surface area (Å²) in [7, 11) is 0. The molecule has 14 nitrogen and oxygen atoms in total. The molecule has 5 atom stereocenters. The van der Waals surface area contributed by atoms with E-state index in [1.54, 1.807) is 6.20 Å². The van der Waals surface area contributed by atoms with Crippen LogP contribution in [-0.4, -0.2) is 81.6 Å². The van der Waals surface area contributed by atoms with Crippen LogP contribution in [0.5, 0.6) is 0 Å². The molecule has 0 saturated heterocycles. The molecular weight excluding hydrogens is 510 g/mol. The van der Waals surface area contributed by atoms with Gasteiger partial charge in [-0.2, -0.15) is 0 Å². The van der Waals surface area contributed by atoms with Gasteiger partial charge in [-0.1, -0.05) is 18.2 Å². The van der Waals surface area contributed by atoms with Crippen molar-refractivity contribution in [3.63, 3.8) is 0 Å². The standard InChI is InChI=1S/C25H37N7O7/c1-13(33)21(25(38)39)32-23(36)18(8-4-5-9-26)30-24(37)19(31-22(35)16(27)11-20(28)34)10-14-12-29-17-7-3-2-6-15(14)17/h2-3,6-7,12-13,16,18-19,21,29,33H,4-5,8-11,26-27H2,1H3,(H2,28,34)(H,30,37)(H,31,35)(H,32,36)(H,38,39). The Kier molecular flexibility index (Phi) is 11.8. The maximum atomic E-state index is 13.4. The Balaban J connectivity index is 2.31. The third kappa shape index (κ3) is 9.35. The highest BCUT2D eigenvalue weighted by Crippen LogP contribution is 2.19. The molecular formula is C25H37N7O7. The molecule has 0 aliphatic carbocycles. The molecule has 4 amide bonds. The van der Waals surface area contributed by atoms with E-state index in [-0.39, 0.29) is 12.8 Å². The van der Waals surface area contributed by atoms with E-state index < -0.39 is 66.3 Å². The van der Waals surface area contributed by atoms with Crippen LogP contribution in [0.2, 0.25) is 0 Å². The summed E-state index contributed by atoms with van der Waals surface area (Å²) >= 11 is 0. The third-order valence-electron chi connectivity index (χ3n) is 6.12. The number of primary amides is 1. The molecule has 0 bridgehead atoms. The molecule has 12 N–H and O–H groups in total. The largest absolute Gasteiger partial charge is 0.480 e. The first-order valence-electron chi connectivity index (χ1n) is 12.6. The van der Waals surface area contributed by atoms with Crippen molar-refractivity contribution in [2.45, 2.75) is 69.3 Å². The number of nitrogens with one attached hydrogen (secondary N) is 4. The second-order valence-electron chi connectivity index (χ2n) is 9.31. The maximum absolute atomic E-state index is 13.4. The second kappa shape index (κ2) is 14.8. The fourth-order valence-electron chi connectivity index (χ4n) is 3.99. The number of aliphatic carboxylic acids is 1. The number of aliphatic hydroxyl groups is 1. The van der Waals surface area contributed by atoms with Crippen LogP contribution in [0.15, 0.2) is 30.5 Å². The maximum Gasteiger partial charge on any atom is 0.328 e. The van der Waals surface area contributed by atoms with E-state index in [4.69, 9.17) is 17.2 Å². The first-order chi connectivity index (χ1) is 18.4. The van der Waals surface area contributed by atoms with Crippen molar-refractivity contribution < 1.29 is 34.2 Å². The lowest BCUT2D eigenvalue weighted by Gasteiger charge is -2.26. The van der Waals surface area contributed by atoms with Gasteiger partial charge in [0.25, 0.3) is 0 Å². The van der Waals surface area contributed by atoms with E-state index in [9.17, 15) is 34.2 Å². The number of hydrogen-bond donors (Lipinski definition) is 9. The van der Waals surface area contributed by atoms with Gasteiger partial charge in [0.2, 0.25) is 23.6 Å². The van der Waals surface area contributed by atoms with Crippen molar-refractivity contribution in [2.75, 3.05) is 6.54 Å².